The maximum absolute atomic E-state index is 11.7. The van der Waals surface area contributed by atoms with Crippen LogP contribution in [-0.2, 0) is 9.47 Å². The molecule has 1 aliphatic heterocycles. The van der Waals surface area contributed by atoms with Gasteiger partial charge in [-0.05, 0) is 22.0 Å². The minimum absolute atomic E-state index is 0.0187. The molecule has 2 heterocycles. The molecule has 5 heteroatoms. The highest BCUT2D eigenvalue weighted by Gasteiger charge is 2.34. The first-order valence-corrected chi connectivity index (χ1v) is 5.74. The molecule has 0 amide bonds. The molecule has 0 bridgehead atoms. The third kappa shape index (κ3) is 2.59. The summed E-state index contributed by atoms with van der Waals surface area (Å²) < 4.78 is 11.1. The number of pyridine rings is 1. The Bertz CT molecular complexity index is 404. The average molecular weight is 286 g/mol. The second kappa shape index (κ2) is 4.51. The number of esters is 1. The predicted molar refractivity (Wildman–Crippen MR) is 61.1 cm³/mol. The van der Waals surface area contributed by atoms with Gasteiger partial charge in [0.25, 0.3) is 0 Å². The Morgan fingerprint density at radius 3 is 2.94 bits per heavy atom. The molecule has 0 unspecified atom stereocenters. The van der Waals surface area contributed by atoms with Crippen LogP contribution in [0.2, 0.25) is 0 Å². The summed E-state index contributed by atoms with van der Waals surface area (Å²) in [6.07, 6.45) is 3.12. The van der Waals surface area contributed by atoms with Gasteiger partial charge in [-0.25, -0.2) is 4.79 Å². The van der Waals surface area contributed by atoms with Gasteiger partial charge in [-0.3, -0.25) is 4.98 Å². The van der Waals surface area contributed by atoms with Crippen LogP contribution in [-0.4, -0.2) is 30.8 Å². The summed E-state index contributed by atoms with van der Waals surface area (Å²) in [4.78, 5) is 15.6. The number of halogens is 1. The van der Waals surface area contributed by atoms with Crippen LogP contribution in [0.25, 0.3) is 0 Å². The normalized spacial score (nSPS) is 17.6. The first-order chi connectivity index (χ1) is 7.59. The largest absolute Gasteiger partial charge is 0.461 e. The molecular weight excluding hydrogens is 274 g/mol. The Kier molecular flexibility index (Phi) is 3.25. The van der Waals surface area contributed by atoms with E-state index in [0.29, 0.717) is 25.4 Å². The number of aromatic nitrogens is 1. The number of hydrogen-bond donors (Lipinski definition) is 0. The molecule has 1 saturated heterocycles. The second-order valence-electron chi connectivity index (χ2n) is 4.27. The molecule has 86 valence electrons. The van der Waals surface area contributed by atoms with Crippen LogP contribution in [0.3, 0.4) is 0 Å². The summed E-state index contributed by atoms with van der Waals surface area (Å²) >= 11 is 3.26. The number of carbonyl (C=O) groups is 1. The zero-order chi connectivity index (χ0) is 11.6. The van der Waals surface area contributed by atoms with Crippen molar-refractivity contribution in [1.82, 2.24) is 4.98 Å². The van der Waals surface area contributed by atoms with E-state index in [1.54, 1.807) is 12.3 Å². The zero-order valence-electron chi connectivity index (χ0n) is 8.90. The van der Waals surface area contributed by atoms with Gasteiger partial charge in [0.15, 0.2) is 0 Å². The van der Waals surface area contributed by atoms with Crippen molar-refractivity contribution in [2.75, 3.05) is 19.8 Å². The fourth-order valence-corrected chi connectivity index (χ4v) is 1.75. The molecule has 0 aliphatic carbocycles. The van der Waals surface area contributed by atoms with Gasteiger partial charge in [-0.1, -0.05) is 6.92 Å². The zero-order valence-corrected chi connectivity index (χ0v) is 10.5. The van der Waals surface area contributed by atoms with Gasteiger partial charge in [0, 0.05) is 22.3 Å². The number of carbonyl (C=O) groups excluding carboxylic acids is 1. The minimum Gasteiger partial charge on any atom is -0.461 e. The van der Waals surface area contributed by atoms with E-state index in [2.05, 4.69) is 20.9 Å². The number of nitrogens with zero attached hydrogens (tertiary/aromatic N) is 1. The summed E-state index contributed by atoms with van der Waals surface area (Å²) in [5.74, 6) is -0.345. The summed E-state index contributed by atoms with van der Waals surface area (Å²) in [7, 11) is 0. The van der Waals surface area contributed by atoms with Crippen LogP contribution in [0.4, 0.5) is 0 Å². The summed E-state index contributed by atoms with van der Waals surface area (Å²) in [6, 6.07) is 1.69. The Hall–Kier alpha value is -0.940. The molecule has 0 spiro atoms. The molecule has 0 N–H and O–H groups in total. The molecule has 2 rings (SSSR count). The van der Waals surface area contributed by atoms with Crippen LogP contribution >= 0.6 is 15.9 Å². The van der Waals surface area contributed by atoms with E-state index in [0.717, 1.165) is 4.47 Å². The van der Waals surface area contributed by atoms with E-state index in [1.165, 1.54) is 6.20 Å². The number of rotatable bonds is 3. The maximum Gasteiger partial charge on any atom is 0.339 e. The van der Waals surface area contributed by atoms with Gasteiger partial charge in [-0.2, -0.15) is 0 Å². The van der Waals surface area contributed by atoms with Crippen molar-refractivity contribution in [2.45, 2.75) is 6.92 Å². The highest BCUT2D eigenvalue weighted by Crippen LogP contribution is 2.26. The van der Waals surface area contributed by atoms with Crippen LogP contribution in [0.1, 0.15) is 17.3 Å². The fourth-order valence-electron chi connectivity index (χ4n) is 1.38. The molecule has 1 aromatic rings. The van der Waals surface area contributed by atoms with Crippen LogP contribution < -0.4 is 0 Å². The lowest BCUT2D eigenvalue weighted by Gasteiger charge is -2.37. The molecule has 0 saturated carbocycles. The maximum atomic E-state index is 11.7. The van der Waals surface area contributed by atoms with Gasteiger partial charge >= 0.3 is 5.97 Å². The second-order valence-corrected chi connectivity index (χ2v) is 5.19. The lowest BCUT2D eigenvalue weighted by molar-refractivity contribution is -0.127. The number of hydrogen-bond acceptors (Lipinski definition) is 4. The third-order valence-electron chi connectivity index (χ3n) is 2.39. The van der Waals surface area contributed by atoms with E-state index in [1.807, 2.05) is 6.92 Å². The molecule has 0 radical (unpaired) electrons. The lowest BCUT2D eigenvalue weighted by atomic mass is 9.90. The third-order valence-corrected chi connectivity index (χ3v) is 2.83. The highest BCUT2D eigenvalue weighted by atomic mass is 79.9. The summed E-state index contributed by atoms with van der Waals surface area (Å²) in [6.45, 7) is 3.72. The Labute approximate surface area is 102 Å². The van der Waals surface area contributed by atoms with Crippen LogP contribution in [0.15, 0.2) is 22.9 Å². The van der Waals surface area contributed by atoms with Crippen LogP contribution in [0.5, 0.6) is 0 Å². The smallest absolute Gasteiger partial charge is 0.339 e. The van der Waals surface area contributed by atoms with E-state index in [9.17, 15) is 4.79 Å². The Morgan fingerprint density at radius 1 is 1.62 bits per heavy atom. The van der Waals surface area contributed by atoms with Crippen molar-refractivity contribution >= 4 is 21.9 Å². The van der Waals surface area contributed by atoms with Crippen molar-refractivity contribution in [3.63, 3.8) is 0 Å². The summed E-state index contributed by atoms with van der Waals surface area (Å²) in [5, 5.41) is 0. The van der Waals surface area contributed by atoms with E-state index in [4.69, 9.17) is 9.47 Å². The van der Waals surface area contributed by atoms with Crippen molar-refractivity contribution in [3.05, 3.63) is 28.5 Å². The molecule has 1 fully saturated rings. The van der Waals surface area contributed by atoms with Gasteiger partial charge < -0.3 is 9.47 Å². The SMILES string of the molecule is CC1(COC(=O)c2cncc(Br)c2)COC1. The Morgan fingerprint density at radius 2 is 2.38 bits per heavy atom. The standard InChI is InChI=1S/C11H12BrNO3/c1-11(5-15-6-11)7-16-10(14)8-2-9(12)4-13-3-8/h2-4H,5-7H2,1H3. The highest BCUT2D eigenvalue weighted by molar-refractivity contribution is 9.10. The summed E-state index contributed by atoms with van der Waals surface area (Å²) in [5.41, 5.74) is 0.438. The molecule has 1 aliphatic rings. The molecule has 16 heavy (non-hydrogen) atoms. The van der Waals surface area contributed by atoms with Gasteiger partial charge in [-0.15, -0.1) is 0 Å². The lowest BCUT2D eigenvalue weighted by Crippen LogP contribution is -2.44. The van der Waals surface area contributed by atoms with Crippen molar-refractivity contribution < 1.29 is 14.3 Å². The molecule has 0 atom stereocenters. The Balaban J connectivity index is 1.93. The fraction of sp³-hybridized carbons (Fsp3) is 0.455. The number of ether oxygens (including phenoxy) is 2. The molecule has 0 aromatic carbocycles. The van der Waals surface area contributed by atoms with Crippen molar-refractivity contribution in [2.24, 2.45) is 5.41 Å². The van der Waals surface area contributed by atoms with Gasteiger partial charge in [0.2, 0.25) is 0 Å². The van der Waals surface area contributed by atoms with E-state index in [-0.39, 0.29) is 11.4 Å². The molecule has 1 aromatic heterocycles. The quantitative estimate of drug-likeness (QED) is 0.798. The molecule has 4 nitrogen and oxygen atoms in total. The topological polar surface area (TPSA) is 48.4 Å². The van der Waals surface area contributed by atoms with Gasteiger partial charge in [0.1, 0.15) is 6.61 Å². The average Bonchev–Trinajstić information content (AvgIpc) is 2.23. The minimum atomic E-state index is -0.345. The van der Waals surface area contributed by atoms with E-state index >= 15 is 0 Å². The molecular formula is C11H12BrNO3. The predicted octanol–water partition coefficient (Wildman–Crippen LogP) is 2.04. The first kappa shape index (κ1) is 11.5. The first-order valence-electron chi connectivity index (χ1n) is 4.95. The monoisotopic (exact) mass is 285 g/mol. The van der Waals surface area contributed by atoms with Gasteiger partial charge in [0.05, 0.1) is 18.8 Å². The van der Waals surface area contributed by atoms with Crippen molar-refractivity contribution in [1.29, 1.82) is 0 Å². The van der Waals surface area contributed by atoms with E-state index < -0.39 is 0 Å². The van der Waals surface area contributed by atoms with Crippen molar-refractivity contribution in [3.8, 4) is 0 Å². The van der Waals surface area contributed by atoms with Crippen LogP contribution in [0, 0.1) is 5.41 Å².